The predicted octanol–water partition coefficient (Wildman–Crippen LogP) is 11.3. The Morgan fingerprint density at radius 1 is 0.328 bits per heavy atom. The normalized spacial score (nSPS) is 10.8. The zero-order chi connectivity index (χ0) is 44.4. The van der Waals surface area contributed by atoms with Gasteiger partial charge in [0.1, 0.15) is 0 Å². The molecule has 0 unspecified atom stereocenters. The number of aliphatic carboxylic acids is 2. The van der Waals surface area contributed by atoms with E-state index in [0.29, 0.717) is 102 Å². The van der Waals surface area contributed by atoms with Gasteiger partial charge in [-0.2, -0.15) is 0 Å². The maximum Gasteiger partial charge on any atom is 0.305 e. The fourth-order valence-electron chi connectivity index (χ4n) is 5.18. The molecule has 0 aromatic carbocycles. The fraction of sp³-hybridized carbons (Fsp3) is 0.870. The van der Waals surface area contributed by atoms with Crippen LogP contribution in [0.15, 0.2) is 0 Å². The zero-order valence-electron chi connectivity index (χ0n) is 38.1. The number of unbranched alkanes of at least 4 members (excludes halogenated alkanes) is 11. The fourth-order valence-corrected chi connectivity index (χ4v) is 5.18. The van der Waals surface area contributed by atoms with Crippen LogP contribution in [-0.2, 0) is 47.7 Å². The molecule has 0 fully saturated rings. The van der Waals surface area contributed by atoms with Gasteiger partial charge in [-0.15, -0.1) is 0 Å². The first-order chi connectivity index (χ1) is 27.5. The summed E-state index contributed by atoms with van der Waals surface area (Å²) < 4.78 is 20.6. The van der Waals surface area contributed by atoms with Crippen LogP contribution >= 0.6 is 0 Å². The van der Waals surface area contributed by atoms with E-state index in [9.17, 15) is 28.8 Å². The summed E-state index contributed by atoms with van der Waals surface area (Å²) in [4.78, 5) is 65.8. The molecule has 0 bridgehead atoms. The Morgan fingerprint density at radius 3 is 0.862 bits per heavy atom. The Labute approximate surface area is 352 Å². The van der Waals surface area contributed by atoms with Crippen molar-refractivity contribution in [2.75, 3.05) is 26.4 Å². The minimum atomic E-state index is -0.870. The highest BCUT2D eigenvalue weighted by atomic mass is 16.5. The topological polar surface area (TPSA) is 180 Å². The Bertz CT molecular complexity index is 942. The quantitative estimate of drug-likeness (QED) is 0.0351. The average molecular weight is 831 g/mol. The number of carboxylic acid groups (broad SMARTS) is 2. The van der Waals surface area contributed by atoms with Gasteiger partial charge in [0.05, 0.1) is 26.4 Å². The molecule has 0 aromatic heterocycles. The molecule has 0 aliphatic heterocycles. The highest BCUT2D eigenvalue weighted by molar-refractivity contribution is 5.71. The van der Waals surface area contributed by atoms with Crippen LogP contribution in [0.4, 0.5) is 0 Å². The molecule has 0 saturated heterocycles. The molecule has 0 aliphatic carbocycles. The van der Waals surface area contributed by atoms with Crippen molar-refractivity contribution in [3.8, 4) is 0 Å². The molecule has 58 heavy (non-hydrogen) atoms. The van der Waals surface area contributed by atoms with Gasteiger partial charge in [-0.3, -0.25) is 28.8 Å². The number of ether oxygens (including phenoxy) is 4. The van der Waals surface area contributed by atoms with E-state index in [2.05, 4.69) is 27.7 Å². The summed E-state index contributed by atoms with van der Waals surface area (Å²) >= 11 is 0. The second kappa shape index (κ2) is 43.4. The van der Waals surface area contributed by atoms with Crippen LogP contribution in [0.5, 0.6) is 0 Å². The van der Waals surface area contributed by atoms with E-state index in [1.165, 1.54) is 51.4 Å². The Morgan fingerprint density at radius 2 is 0.586 bits per heavy atom. The van der Waals surface area contributed by atoms with E-state index < -0.39 is 11.9 Å². The van der Waals surface area contributed by atoms with Gasteiger partial charge in [0.2, 0.25) is 0 Å². The lowest BCUT2D eigenvalue weighted by Crippen LogP contribution is -2.11. The van der Waals surface area contributed by atoms with Gasteiger partial charge in [-0.1, -0.05) is 120 Å². The molecule has 12 heteroatoms. The summed E-state index contributed by atoms with van der Waals surface area (Å²) in [6.45, 7) is 19.0. The van der Waals surface area contributed by atoms with E-state index in [-0.39, 0.29) is 36.7 Å². The molecule has 0 radical (unpaired) electrons. The highest BCUT2D eigenvalue weighted by Gasteiger charge is 2.09. The van der Waals surface area contributed by atoms with Crippen molar-refractivity contribution in [1.29, 1.82) is 0 Å². The van der Waals surface area contributed by atoms with E-state index >= 15 is 0 Å². The van der Waals surface area contributed by atoms with Crippen molar-refractivity contribution in [1.82, 2.24) is 0 Å². The summed E-state index contributed by atoms with van der Waals surface area (Å²) in [6, 6.07) is 0. The van der Waals surface area contributed by atoms with Crippen molar-refractivity contribution in [2.24, 2.45) is 23.7 Å². The van der Waals surface area contributed by atoms with Gasteiger partial charge in [-0.05, 0) is 75.0 Å². The monoisotopic (exact) mass is 831 g/mol. The minimum Gasteiger partial charge on any atom is -0.481 e. The van der Waals surface area contributed by atoms with Gasteiger partial charge in [0.25, 0.3) is 0 Å². The van der Waals surface area contributed by atoms with Crippen molar-refractivity contribution in [3.05, 3.63) is 0 Å². The summed E-state index contributed by atoms with van der Waals surface area (Å²) in [7, 11) is 0. The van der Waals surface area contributed by atoms with Gasteiger partial charge >= 0.3 is 35.8 Å². The Hall–Kier alpha value is -3.18. The summed E-state index contributed by atoms with van der Waals surface area (Å²) in [5.41, 5.74) is 0. The Balaban J connectivity index is -0.000000907. The highest BCUT2D eigenvalue weighted by Crippen LogP contribution is 2.12. The van der Waals surface area contributed by atoms with Crippen molar-refractivity contribution < 1.29 is 57.9 Å². The SMILES string of the molecule is CC(C)CCCCCCCOC(=O)CCCCC(=O)OCCCCCCCC(C)C.CC(C)COC(=O)CCCCC(=O)OCC(C)C.O=C(O)CCCCC(=O)O. The summed E-state index contributed by atoms with van der Waals surface area (Å²) in [5, 5.41) is 16.3. The number of hydrogen-bond donors (Lipinski definition) is 2. The van der Waals surface area contributed by atoms with Crippen molar-refractivity contribution in [2.45, 2.75) is 209 Å². The number of esters is 4. The molecule has 0 aliphatic rings. The third kappa shape index (κ3) is 57.1. The van der Waals surface area contributed by atoms with Gasteiger partial charge < -0.3 is 29.2 Å². The Kier molecular flexibility index (Phi) is 44.2. The second-order valence-electron chi connectivity index (χ2n) is 16.9. The van der Waals surface area contributed by atoms with Crippen LogP contribution in [0.2, 0.25) is 0 Å². The maximum absolute atomic E-state index is 11.7. The number of carbonyl (C=O) groups excluding carboxylic acids is 4. The first-order valence-corrected chi connectivity index (χ1v) is 22.5. The molecular weight excluding hydrogens is 744 g/mol. The van der Waals surface area contributed by atoms with Crippen LogP contribution in [-0.4, -0.2) is 72.5 Å². The lowest BCUT2D eigenvalue weighted by molar-refractivity contribution is -0.147. The predicted molar refractivity (Wildman–Crippen MR) is 229 cm³/mol. The third-order valence-electron chi connectivity index (χ3n) is 8.59. The smallest absolute Gasteiger partial charge is 0.305 e. The first-order valence-electron chi connectivity index (χ1n) is 22.5. The lowest BCUT2D eigenvalue weighted by Gasteiger charge is -2.08. The summed E-state index contributed by atoms with van der Waals surface area (Å²) in [5.74, 6) is -0.0698. The molecule has 342 valence electrons. The molecule has 0 rings (SSSR count). The third-order valence-corrected chi connectivity index (χ3v) is 8.59. The second-order valence-corrected chi connectivity index (χ2v) is 16.9. The van der Waals surface area contributed by atoms with Crippen LogP contribution in [0, 0.1) is 23.7 Å². The summed E-state index contributed by atoms with van der Waals surface area (Å²) in [6.07, 6.45) is 19.7. The zero-order valence-corrected chi connectivity index (χ0v) is 38.1. The van der Waals surface area contributed by atoms with Gasteiger partial charge in [0, 0.05) is 38.5 Å². The molecule has 0 saturated carbocycles. The van der Waals surface area contributed by atoms with Crippen molar-refractivity contribution >= 4 is 35.8 Å². The van der Waals surface area contributed by atoms with Crippen LogP contribution in [0.25, 0.3) is 0 Å². The molecule has 0 spiro atoms. The molecule has 0 heterocycles. The first kappa shape index (κ1) is 59.1. The lowest BCUT2D eigenvalue weighted by atomic mass is 10.0. The number of rotatable bonds is 35. The maximum atomic E-state index is 11.7. The van der Waals surface area contributed by atoms with Crippen LogP contribution in [0.3, 0.4) is 0 Å². The standard InChI is InChI=1S/C26H50O4.C14H26O4.C6H10O4/c1-23(2)17-11-7-5-9-15-21-29-25(27)19-13-14-20-26(28)30-22-16-10-6-8-12-18-24(3)4;1-11(2)9-17-13(15)7-5-6-8-14(16)18-10-12(3)4;7-5(8)3-1-2-4-6(9)10/h23-24H,5-22H2,1-4H3;11-12H,5-10H2,1-4H3;1-4H2,(H,7,8)(H,9,10). The minimum absolute atomic E-state index is 0.0628. The van der Waals surface area contributed by atoms with E-state index in [1.54, 1.807) is 0 Å². The number of carboxylic acids is 2. The molecule has 0 amide bonds. The molecular formula is C46H86O12. The molecule has 0 atom stereocenters. The average Bonchev–Trinajstić information content (AvgIpc) is 3.14. The largest absolute Gasteiger partial charge is 0.481 e. The van der Waals surface area contributed by atoms with Gasteiger partial charge in [0.15, 0.2) is 0 Å². The van der Waals surface area contributed by atoms with Crippen LogP contribution in [0.1, 0.15) is 209 Å². The molecule has 12 nitrogen and oxygen atoms in total. The van der Waals surface area contributed by atoms with E-state index in [1.807, 2.05) is 27.7 Å². The van der Waals surface area contributed by atoms with E-state index in [4.69, 9.17) is 29.2 Å². The number of carbonyl (C=O) groups is 6. The van der Waals surface area contributed by atoms with Crippen molar-refractivity contribution in [3.63, 3.8) is 0 Å². The van der Waals surface area contributed by atoms with Gasteiger partial charge in [-0.25, -0.2) is 0 Å². The number of hydrogen-bond acceptors (Lipinski definition) is 10. The molecule has 2 N–H and O–H groups in total. The van der Waals surface area contributed by atoms with E-state index in [0.717, 1.165) is 37.5 Å². The van der Waals surface area contributed by atoms with Crippen LogP contribution < -0.4 is 0 Å². The molecule has 0 aromatic rings.